The van der Waals surface area contributed by atoms with E-state index >= 15 is 0 Å². The number of rotatable bonds is 12. The molecule has 11 atom stereocenters. The number of nitrogens with zero attached hydrogens (tertiary/aromatic N) is 2. The van der Waals surface area contributed by atoms with Crippen molar-refractivity contribution in [3.05, 3.63) is 0 Å². The maximum atomic E-state index is 14.0. The number of aliphatic hydroxyl groups excluding tert-OH is 1. The molecule has 8 aliphatic rings. The molecule has 8 fully saturated rings. The summed E-state index contributed by atoms with van der Waals surface area (Å²) < 4.78 is 22.8. The van der Waals surface area contributed by atoms with Gasteiger partial charge in [-0.25, -0.2) is 0 Å². The molecule has 1 N–H and O–H groups in total. The number of ether oxygens (including phenoxy) is 4. The Bertz CT molecular complexity index is 2250. The lowest BCUT2D eigenvalue weighted by Crippen LogP contribution is -2.49. The molecule has 0 aromatic heterocycles. The van der Waals surface area contributed by atoms with Gasteiger partial charge in [0, 0.05) is 57.9 Å². The molecule has 8 rings (SSSR count). The highest BCUT2D eigenvalue weighted by molar-refractivity contribution is 6.38. The largest absolute Gasteiger partial charge is 0.460 e. The first-order chi connectivity index (χ1) is 37.6. The smallest absolute Gasteiger partial charge is 0.307 e. The van der Waals surface area contributed by atoms with E-state index in [0.29, 0.717) is 63.8 Å². The maximum absolute atomic E-state index is 14.0. The van der Waals surface area contributed by atoms with Crippen molar-refractivity contribution in [1.82, 2.24) is 9.80 Å². The summed E-state index contributed by atoms with van der Waals surface area (Å²) in [6.07, 6.45) is 13.8. The minimum Gasteiger partial charge on any atom is -0.460 e. The fourth-order valence-corrected chi connectivity index (χ4v) is 13.9. The predicted octanol–water partition coefficient (Wildman–Crippen LogP) is 9.20. The normalized spacial score (nSPS) is 32.2. The number of hydrogen-bond donors (Lipinski definition) is 1. The lowest BCUT2D eigenvalue weighted by atomic mass is 9.84. The fourth-order valence-electron chi connectivity index (χ4n) is 13.9. The average molecular weight is 1120 g/mol. The summed E-state index contributed by atoms with van der Waals surface area (Å²) in [6, 6.07) is -1.25. The topological polar surface area (TPSA) is 217 Å². The van der Waals surface area contributed by atoms with Gasteiger partial charge in [0.2, 0.25) is 17.6 Å². The number of piperidine rings is 2. The molecule has 4 aliphatic heterocycles. The first kappa shape index (κ1) is 63.7. The van der Waals surface area contributed by atoms with Crippen LogP contribution in [-0.4, -0.2) is 136 Å². The van der Waals surface area contributed by atoms with Gasteiger partial charge in [0.15, 0.2) is 23.1 Å². The summed E-state index contributed by atoms with van der Waals surface area (Å²) in [6.45, 7) is 21.5. The summed E-state index contributed by atoms with van der Waals surface area (Å²) in [5.41, 5.74) is -1.46. The average Bonchev–Trinajstić information content (AvgIpc) is 4.37. The van der Waals surface area contributed by atoms with Crippen LogP contribution in [0.15, 0.2) is 0 Å². The van der Waals surface area contributed by atoms with Crippen molar-refractivity contribution in [3.63, 3.8) is 0 Å². The van der Waals surface area contributed by atoms with Crippen LogP contribution in [-0.2, 0) is 62.1 Å². The van der Waals surface area contributed by atoms with Crippen LogP contribution in [0.2, 0.25) is 0 Å². The van der Waals surface area contributed by atoms with Gasteiger partial charge >= 0.3 is 11.9 Å². The van der Waals surface area contributed by atoms with Crippen molar-refractivity contribution in [3.8, 4) is 0 Å². The minimum atomic E-state index is -1.13. The lowest BCUT2D eigenvalue weighted by Gasteiger charge is -2.34. The minimum absolute atomic E-state index is 0.00375. The van der Waals surface area contributed by atoms with E-state index in [1.807, 2.05) is 0 Å². The predicted molar refractivity (Wildman–Crippen MR) is 299 cm³/mol. The molecule has 16 heteroatoms. The highest BCUT2D eigenvalue weighted by Gasteiger charge is 2.70. The van der Waals surface area contributed by atoms with E-state index in [1.165, 1.54) is 0 Å². The molecule has 80 heavy (non-hydrogen) atoms. The molecule has 16 nitrogen and oxygen atoms in total. The van der Waals surface area contributed by atoms with E-state index in [2.05, 4.69) is 27.7 Å². The molecule has 4 saturated carbocycles. The second-order valence-corrected chi connectivity index (χ2v) is 28.8. The third kappa shape index (κ3) is 17.1. The molecular weight excluding hydrogens is 1020 g/mol. The van der Waals surface area contributed by atoms with Crippen LogP contribution in [0, 0.1) is 70.0 Å². The summed E-state index contributed by atoms with van der Waals surface area (Å²) >= 11 is 0. The van der Waals surface area contributed by atoms with Crippen LogP contribution in [0.25, 0.3) is 0 Å². The second-order valence-electron chi connectivity index (χ2n) is 28.8. The van der Waals surface area contributed by atoms with Crippen LogP contribution in [0.4, 0.5) is 0 Å². The second kappa shape index (κ2) is 26.8. The Hall–Kier alpha value is -3.89. The van der Waals surface area contributed by atoms with Gasteiger partial charge in [0.05, 0.1) is 50.0 Å². The molecular formula is C64H100N2O14. The Morgan fingerprint density at radius 2 is 0.975 bits per heavy atom. The Morgan fingerprint density at radius 1 is 0.562 bits per heavy atom. The zero-order chi connectivity index (χ0) is 58.5. The van der Waals surface area contributed by atoms with Gasteiger partial charge in [-0.15, -0.1) is 0 Å². The van der Waals surface area contributed by atoms with Gasteiger partial charge in [-0.1, -0.05) is 79.1 Å². The van der Waals surface area contributed by atoms with Gasteiger partial charge in [0.1, 0.15) is 17.3 Å². The standard InChI is InChI=1S/C32H51NO7.C32H49NO7/c2*1-31(2,3)40-26(36)17-22-19-39-14-10-8-6-7-9-11-21(29(37)25(35)15-20-12-13-20)16-24(34)28-27-23(32(27,4)5)18-33(28)30(22)38/h20-23,27-29,37H,6-19H2,1-5H3;20-23,27-28H,6-19H2,1-5H3/t21-,22+,23+,27+,28-,29?;21-,22+,23+,27+,28-/m11/s1. The molecule has 1 unspecified atom stereocenters. The first-order valence-corrected chi connectivity index (χ1v) is 31.1. The van der Waals surface area contributed by atoms with E-state index in [4.69, 9.17) is 18.9 Å². The Balaban J connectivity index is 0.000000231. The van der Waals surface area contributed by atoms with Crippen LogP contribution >= 0.6 is 0 Å². The molecule has 0 bridgehead atoms. The number of esters is 2. The lowest BCUT2D eigenvalue weighted by molar-refractivity contribution is -0.160. The fraction of sp³-hybridized carbons (Fsp3) is 0.859. The van der Waals surface area contributed by atoms with Crippen molar-refractivity contribution in [2.45, 2.75) is 240 Å². The molecule has 0 spiro atoms. The SMILES string of the molecule is CC(C)(C)OC(=O)C[C@H]1COCCCCCCC[C@@H](C(=O)C(=O)CC2CC2)CC(=O)[C@@H]2[C@@H]3[C@H](CN2C1=O)C3(C)C.CC(C)(C)OC(=O)C[C@H]1COCCCCCCC[C@@H](C(O)C(=O)CC2CC2)CC(=O)[C@@H]2[C@@H]3[C@H](CN2C1=O)C3(C)C. The van der Waals surface area contributed by atoms with E-state index in [0.717, 1.165) is 89.9 Å². The van der Waals surface area contributed by atoms with E-state index in [9.17, 15) is 48.3 Å². The summed E-state index contributed by atoms with van der Waals surface area (Å²) in [7, 11) is 0. The summed E-state index contributed by atoms with van der Waals surface area (Å²) in [4.78, 5) is 124. The van der Waals surface area contributed by atoms with Crippen molar-refractivity contribution < 1.29 is 67.2 Å². The molecule has 0 aromatic rings. The summed E-state index contributed by atoms with van der Waals surface area (Å²) in [5, 5.41) is 11.1. The van der Waals surface area contributed by atoms with Gasteiger partial charge in [0.25, 0.3) is 0 Å². The van der Waals surface area contributed by atoms with Crippen LogP contribution < -0.4 is 0 Å². The summed E-state index contributed by atoms with van der Waals surface area (Å²) in [5.74, 6) is -3.83. The van der Waals surface area contributed by atoms with Crippen LogP contribution in [0.1, 0.15) is 210 Å². The van der Waals surface area contributed by atoms with Crippen molar-refractivity contribution in [2.24, 2.45) is 70.0 Å². The first-order valence-electron chi connectivity index (χ1n) is 31.1. The van der Waals surface area contributed by atoms with Crippen LogP contribution in [0.5, 0.6) is 0 Å². The highest BCUT2D eigenvalue weighted by Crippen LogP contribution is 2.66. The molecule has 4 heterocycles. The quantitative estimate of drug-likeness (QED) is 0.142. The molecule has 0 aromatic carbocycles. The highest BCUT2D eigenvalue weighted by atomic mass is 16.6. The molecule has 4 aliphatic carbocycles. The number of Topliss-reactive ketones (excluding diaryl/α,β-unsaturated/α-hetero) is 5. The Labute approximate surface area is 477 Å². The molecule has 0 radical (unpaired) electrons. The Kier molecular flexibility index (Phi) is 21.3. The van der Waals surface area contributed by atoms with Crippen LogP contribution in [0.3, 0.4) is 0 Å². The number of ketones is 5. The van der Waals surface area contributed by atoms with Gasteiger partial charge in [-0.2, -0.15) is 0 Å². The monoisotopic (exact) mass is 1120 g/mol. The van der Waals surface area contributed by atoms with Gasteiger partial charge < -0.3 is 33.9 Å². The van der Waals surface area contributed by atoms with E-state index in [1.54, 1.807) is 51.3 Å². The van der Waals surface area contributed by atoms with Gasteiger partial charge in [-0.3, -0.25) is 43.2 Å². The third-order valence-electron chi connectivity index (χ3n) is 19.0. The number of carbonyl (C=O) groups is 9. The van der Waals surface area contributed by atoms with E-state index in [-0.39, 0.29) is 108 Å². The molecule has 4 saturated heterocycles. The zero-order valence-corrected chi connectivity index (χ0v) is 50.5. The number of fused-ring (bicyclic) bond motifs is 6. The molecule has 450 valence electrons. The number of aliphatic hydroxyl groups is 1. The van der Waals surface area contributed by atoms with Crippen molar-refractivity contribution in [2.75, 3.05) is 39.5 Å². The maximum Gasteiger partial charge on any atom is 0.307 e. The van der Waals surface area contributed by atoms with Crippen molar-refractivity contribution >= 4 is 52.7 Å². The molecule has 2 amide bonds. The third-order valence-corrected chi connectivity index (χ3v) is 19.0. The zero-order valence-electron chi connectivity index (χ0n) is 50.5. The van der Waals surface area contributed by atoms with Crippen molar-refractivity contribution in [1.29, 1.82) is 0 Å². The van der Waals surface area contributed by atoms with Gasteiger partial charge in [-0.05, 0) is 145 Å². The number of amides is 2. The Morgan fingerprint density at radius 3 is 1.43 bits per heavy atom. The van der Waals surface area contributed by atoms with E-state index < -0.39 is 70.8 Å². The number of carbonyl (C=O) groups excluding carboxylic acids is 9. The number of hydrogen-bond acceptors (Lipinski definition) is 14.